The Morgan fingerprint density at radius 3 is 2.82 bits per heavy atom. The van der Waals surface area contributed by atoms with E-state index < -0.39 is 0 Å². The molecular weight excluding hydrogens is 238 g/mol. The van der Waals surface area contributed by atoms with Crippen LogP contribution in [0.1, 0.15) is 6.42 Å². The highest BCUT2D eigenvalue weighted by molar-refractivity contribution is 6.34. The predicted octanol–water partition coefficient (Wildman–Crippen LogP) is 2.48. The van der Waals surface area contributed by atoms with Gasteiger partial charge < -0.3 is 10.1 Å². The molecular formula is C12H12ClN3O. The molecule has 3 rings (SSSR count). The second kappa shape index (κ2) is 4.47. The van der Waals surface area contributed by atoms with Crippen LogP contribution in [0.15, 0.2) is 24.3 Å². The number of benzene rings is 1. The number of hydrogen-bond acceptors (Lipinski definition) is 4. The Labute approximate surface area is 104 Å². The maximum absolute atomic E-state index is 6.02. The smallest absolute Gasteiger partial charge is 0.159 e. The first kappa shape index (κ1) is 10.7. The van der Waals surface area contributed by atoms with Crippen molar-refractivity contribution in [2.24, 2.45) is 0 Å². The lowest BCUT2D eigenvalue weighted by atomic mass is 10.2. The topological polar surface area (TPSA) is 47.0 Å². The van der Waals surface area contributed by atoms with Crippen LogP contribution in [0.25, 0.3) is 10.8 Å². The van der Waals surface area contributed by atoms with Crippen molar-refractivity contribution >= 4 is 28.2 Å². The zero-order valence-corrected chi connectivity index (χ0v) is 9.94. The Kier molecular flexibility index (Phi) is 2.82. The molecule has 0 saturated carbocycles. The van der Waals surface area contributed by atoms with Gasteiger partial charge in [0.15, 0.2) is 11.0 Å². The summed E-state index contributed by atoms with van der Waals surface area (Å²) >= 11 is 6.02. The van der Waals surface area contributed by atoms with E-state index in [1.807, 2.05) is 24.3 Å². The van der Waals surface area contributed by atoms with Gasteiger partial charge in [0.05, 0.1) is 12.6 Å². The molecule has 1 aromatic heterocycles. The van der Waals surface area contributed by atoms with Crippen LogP contribution in [-0.4, -0.2) is 29.5 Å². The van der Waals surface area contributed by atoms with Crippen molar-refractivity contribution in [1.82, 2.24) is 10.2 Å². The Morgan fingerprint density at radius 2 is 2.06 bits per heavy atom. The molecule has 1 aromatic carbocycles. The summed E-state index contributed by atoms with van der Waals surface area (Å²) in [4.78, 5) is 0. The summed E-state index contributed by atoms with van der Waals surface area (Å²) in [6.07, 6.45) is 0.999. The van der Waals surface area contributed by atoms with Crippen LogP contribution in [0.2, 0.25) is 5.15 Å². The van der Waals surface area contributed by atoms with Crippen LogP contribution in [-0.2, 0) is 4.74 Å². The van der Waals surface area contributed by atoms with Crippen LogP contribution in [0.4, 0.5) is 5.82 Å². The van der Waals surface area contributed by atoms with Gasteiger partial charge >= 0.3 is 0 Å². The van der Waals surface area contributed by atoms with E-state index in [1.165, 1.54) is 0 Å². The van der Waals surface area contributed by atoms with E-state index in [0.717, 1.165) is 36.2 Å². The minimum absolute atomic E-state index is 0.314. The molecule has 1 aliphatic rings. The number of anilines is 1. The fraction of sp³-hybridized carbons (Fsp3) is 0.333. The van der Waals surface area contributed by atoms with Gasteiger partial charge in [-0.05, 0) is 6.42 Å². The third-order valence-electron chi connectivity index (χ3n) is 2.91. The maximum Gasteiger partial charge on any atom is 0.159 e. The number of hydrogen-bond donors (Lipinski definition) is 1. The predicted molar refractivity (Wildman–Crippen MR) is 67.4 cm³/mol. The van der Waals surface area contributed by atoms with Crippen molar-refractivity contribution in [2.45, 2.75) is 12.5 Å². The molecule has 4 nitrogen and oxygen atoms in total. The number of ether oxygens (including phenoxy) is 1. The van der Waals surface area contributed by atoms with Crippen molar-refractivity contribution < 1.29 is 4.74 Å². The molecule has 17 heavy (non-hydrogen) atoms. The van der Waals surface area contributed by atoms with Gasteiger partial charge in [0.2, 0.25) is 0 Å². The van der Waals surface area contributed by atoms with Crippen molar-refractivity contribution in [2.75, 3.05) is 18.5 Å². The SMILES string of the molecule is Clc1nnc(N[C@@H]2CCOC2)c2ccccc12. The zero-order valence-electron chi connectivity index (χ0n) is 9.19. The maximum atomic E-state index is 6.02. The third-order valence-corrected chi connectivity index (χ3v) is 3.19. The van der Waals surface area contributed by atoms with E-state index in [-0.39, 0.29) is 0 Å². The number of nitrogens with one attached hydrogen (secondary N) is 1. The minimum Gasteiger partial charge on any atom is -0.379 e. The molecule has 1 atom stereocenters. The van der Waals surface area contributed by atoms with Gasteiger partial charge in [0, 0.05) is 17.4 Å². The van der Waals surface area contributed by atoms with Crippen molar-refractivity contribution in [3.8, 4) is 0 Å². The molecule has 1 saturated heterocycles. The van der Waals surface area contributed by atoms with Crippen LogP contribution in [0.3, 0.4) is 0 Å². The molecule has 2 aromatic rings. The Bertz CT molecular complexity index is 540. The second-order valence-electron chi connectivity index (χ2n) is 4.09. The first-order valence-electron chi connectivity index (χ1n) is 5.60. The lowest BCUT2D eigenvalue weighted by molar-refractivity contribution is 0.195. The molecule has 1 fully saturated rings. The first-order chi connectivity index (χ1) is 8.34. The normalized spacial score (nSPS) is 19.7. The highest BCUT2D eigenvalue weighted by Gasteiger charge is 2.17. The van der Waals surface area contributed by atoms with E-state index in [1.54, 1.807) is 0 Å². The average molecular weight is 250 g/mol. The van der Waals surface area contributed by atoms with Crippen molar-refractivity contribution in [3.05, 3.63) is 29.4 Å². The standard InChI is InChI=1S/C12H12ClN3O/c13-11-9-3-1-2-4-10(9)12(16-15-11)14-8-5-6-17-7-8/h1-4,8H,5-7H2,(H,14,16)/t8-/m1/s1. The van der Waals surface area contributed by atoms with E-state index in [4.69, 9.17) is 16.3 Å². The molecule has 0 unspecified atom stereocenters. The zero-order chi connectivity index (χ0) is 11.7. The van der Waals surface area contributed by atoms with Crippen LogP contribution >= 0.6 is 11.6 Å². The summed E-state index contributed by atoms with van der Waals surface area (Å²) in [5.74, 6) is 0.778. The number of aromatic nitrogens is 2. The number of halogens is 1. The third kappa shape index (κ3) is 2.06. The molecule has 1 aliphatic heterocycles. The van der Waals surface area contributed by atoms with E-state index in [9.17, 15) is 0 Å². The molecule has 88 valence electrons. The lowest BCUT2D eigenvalue weighted by Crippen LogP contribution is -2.20. The van der Waals surface area contributed by atoms with E-state index in [2.05, 4.69) is 15.5 Å². The average Bonchev–Trinajstić information content (AvgIpc) is 2.86. The number of nitrogens with zero attached hydrogens (tertiary/aromatic N) is 2. The molecule has 0 amide bonds. The van der Waals surface area contributed by atoms with Gasteiger partial charge in [-0.3, -0.25) is 0 Å². The molecule has 2 heterocycles. The summed E-state index contributed by atoms with van der Waals surface area (Å²) < 4.78 is 5.33. The van der Waals surface area contributed by atoms with Gasteiger partial charge in [0.25, 0.3) is 0 Å². The highest BCUT2D eigenvalue weighted by Crippen LogP contribution is 2.26. The number of rotatable bonds is 2. The molecule has 0 radical (unpaired) electrons. The summed E-state index contributed by atoms with van der Waals surface area (Å²) in [5.41, 5.74) is 0. The summed E-state index contributed by atoms with van der Waals surface area (Å²) in [6, 6.07) is 8.17. The second-order valence-corrected chi connectivity index (χ2v) is 4.45. The molecule has 1 N–H and O–H groups in total. The number of fused-ring (bicyclic) bond motifs is 1. The Hall–Kier alpha value is -1.39. The van der Waals surface area contributed by atoms with Gasteiger partial charge in [-0.25, -0.2) is 0 Å². The fourth-order valence-corrected chi connectivity index (χ4v) is 2.22. The van der Waals surface area contributed by atoms with E-state index >= 15 is 0 Å². The van der Waals surface area contributed by atoms with E-state index in [0.29, 0.717) is 11.2 Å². The Balaban J connectivity index is 2.01. The van der Waals surface area contributed by atoms with Crippen LogP contribution in [0.5, 0.6) is 0 Å². The molecule has 5 heteroatoms. The molecule has 0 aliphatic carbocycles. The van der Waals surface area contributed by atoms with Gasteiger partial charge in [-0.1, -0.05) is 35.9 Å². The summed E-state index contributed by atoms with van der Waals surface area (Å²) in [7, 11) is 0. The largest absolute Gasteiger partial charge is 0.379 e. The van der Waals surface area contributed by atoms with Crippen LogP contribution < -0.4 is 5.32 Å². The van der Waals surface area contributed by atoms with Gasteiger partial charge in [-0.15, -0.1) is 10.2 Å². The Morgan fingerprint density at radius 1 is 1.24 bits per heavy atom. The molecule has 0 spiro atoms. The fourth-order valence-electron chi connectivity index (χ4n) is 2.02. The summed E-state index contributed by atoms with van der Waals surface area (Å²) in [6.45, 7) is 1.52. The van der Waals surface area contributed by atoms with Crippen LogP contribution in [0, 0.1) is 0 Å². The van der Waals surface area contributed by atoms with Crippen molar-refractivity contribution in [3.63, 3.8) is 0 Å². The monoisotopic (exact) mass is 249 g/mol. The van der Waals surface area contributed by atoms with Gasteiger partial charge in [0.1, 0.15) is 0 Å². The first-order valence-corrected chi connectivity index (χ1v) is 5.97. The lowest BCUT2D eigenvalue weighted by Gasteiger charge is -2.12. The highest BCUT2D eigenvalue weighted by atomic mass is 35.5. The minimum atomic E-state index is 0.314. The molecule has 0 bridgehead atoms. The quantitative estimate of drug-likeness (QED) is 0.888. The van der Waals surface area contributed by atoms with Gasteiger partial charge in [-0.2, -0.15) is 0 Å². The van der Waals surface area contributed by atoms with Crippen molar-refractivity contribution in [1.29, 1.82) is 0 Å². The summed E-state index contributed by atoms with van der Waals surface area (Å²) in [5, 5.41) is 13.8.